The van der Waals surface area contributed by atoms with Crippen molar-refractivity contribution in [2.45, 2.75) is 43.5 Å². The zero-order chi connectivity index (χ0) is 22.9. The Kier molecular flexibility index (Phi) is 7.00. The quantitative estimate of drug-likeness (QED) is 0.532. The Morgan fingerprint density at radius 3 is 2.44 bits per heavy atom. The molecule has 1 amide bonds. The van der Waals surface area contributed by atoms with Gasteiger partial charge in [0.05, 0.1) is 41.2 Å². The molecule has 4 rings (SSSR count). The third kappa shape index (κ3) is 4.76. The minimum absolute atomic E-state index is 0.0257. The molecule has 2 fully saturated rings. The topological polar surface area (TPSA) is 66.9 Å². The summed E-state index contributed by atoms with van der Waals surface area (Å²) < 4.78 is 33.7. The molecule has 32 heavy (non-hydrogen) atoms. The molecule has 0 unspecified atom stereocenters. The number of amides is 1. The number of sulfonamides is 1. The van der Waals surface area contributed by atoms with Crippen molar-refractivity contribution in [1.29, 1.82) is 0 Å². The number of anilines is 1. The van der Waals surface area contributed by atoms with Gasteiger partial charge < -0.3 is 9.64 Å². The van der Waals surface area contributed by atoms with Gasteiger partial charge in [0.1, 0.15) is 6.61 Å². The van der Waals surface area contributed by atoms with Gasteiger partial charge in [-0.2, -0.15) is 0 Å². The van der Waals surface area contributed by atoms with Crippen LogP contribution in [-0.4, -0.2) is 50.3 Å². The van der Waals surface area contributed by atoms with E-state index in [4.69, 9.17) is 27.9 Å². The molecule has 0 aromatic heterocycles. The minimum Gasteiger partial charge on any atom is -0.369 e. The highest BCUT2D eigenvalue weighted by Gasteiger charge is 2.43. The normalized spacial score (nSPS) is 20.3. The van der Waals surface area contributed by atoms with Crippen LogP contribution in [0.3, 0.4) is 0 Å². The van der Waals surface area contributed by atoms with E-state index in [0.29, 0.717) is 41.6 Å². The number of benzene rings is 2. The molecule has 1 aliphatic carbocycles. The van der Waals surface area contributed by atoms with Crippen LogP contribution in [0.5, 0.6) is 0 Å². The standard InChI is InChI=1S/C23H26Cl2N2O4S/c1-2-18(27-22(14-31-15-23(27)28)16-7-9-17(24)10-8-16)13-26(32(29,30)19-11-12-19)21-6-4-3-5-20(21)25/h3-10,18-19,22H,2,11-15H2,1H3/t18-,22-/m0/s1. The molecule has 2 aliphatic rings. The fraction of sp³-hybridized carbons (Fsp3) is 0.435. The third-order valence-corrected chi connectivity index (χ3v) is 8.84. The lowest BCUT2D eigenvalue weighted by atomic mass is 10.0. The molecule has 2 aromatic rings. The van der Waals surface area contributed by atoms with E-state index in [0.717, 1.165) is 5.56 Å². The zero-order valence-corrected chi connectivity index (χ0v) is 20.1. The maximum Gasteiger partial charge on any atom is 0.249 e. The van der Waals surface area contributed by atoms with E-state index in [1.807, 2.05) is 19.1 Å². The summed E-state index contributed by atoms with van der Waals surface area (Å²) in [4.78, 5) is 14.8. The molecular formula is C23H26Cl2N2O4S. The van der Waals surface area contributed by atoms with Gasteiger partial charge in [-0.1, -0.05) is 54.4 Å². The Bertz CT molecular complexity index is 1070. The molecule has 172 valence electrons. The number of carbonyl (C=O) groups excluding carboxylic acids is 1. The van der Waals surface area contributed by atoms with Gasteiger partial charge in [0, 0.05) is 5.02 Å². The van der Waals surface area contributed by atoms with Crippen LogP contribution < -0.4 is 4.31 Å². The Labute approximate surface area is 199 Å². The summed E-state index contributed by atoms with van der Waals surface area (Å²) in [6.45, 7) is 2.41. The van der Waals surface area contributed by atoms with Crippen LogP contribution in [0, 0.1) is 0 Å². The van der Waals surface area contributed by atoms with E-state index in [-0.39, 0.29) is 31.1 Å². The van der Waals surface area contributed by atoms with Crippen LogP contribution in [0.25, 0.3) is 0 Å². The molecule has 1 saturated carbocycles. The molecule has 2 aromatic carbocycles. The molecule has 1 aliphatic heterocycles. The predicted molar refractivity (Wildman–Crippen MR) is 127 cm³/mol. The second-order valence-corrected chi connectivity index (χ2v) is 11.2. The molecule has 0 radical (unpaired) electrons. The smallest absolute Gasteiger partial charge is 0.249 e. The van der Waals surface area contributed by atoms with E-state index in [1.165, 1.54) is 4.31 Å². The SMILES string of the molecule is CC[C@@H](CN(c1ccccc1Cl)S(=O)(=O)C1CC1)N1C(=O)COC[C@H]1c1ccc(Cl)cc1. The summed E-state index contributed by atoms with van der Waals surface area (Å²) in [5.41, 5.74) is 1.35. The van der Waals surface area contributed by atoms with Gasteiger partial charge in [-0.15, -0.1) is 0 Å². The lowest BCUT2D eigenvalue weighted by Crippen LogP contribution is -2.54. The fourth-order valence-electron chi connectivity index (χ4n) is 4.13. The Balaban J connectivity index is 1.70. The van der Waals surface area contributed by atoms with Gasteiger partial charge in [0.2, 0.25) is 15.9 Å². The molecule has 9 heteroatoms. The van der Waals surface area contributed by atoms with Crippen molar-refractivity contribution >= 4 is 44.8 Å². The first-order chi connectivity index (χ1) is 15.3. The number of nitrogens with zero attached hydrogens (tertiary/aromatic N) is 2. The van der Waals surface area contributed by atoms with Gasteiger partial charge in [-0.25, -0.2) is 8.42 Å². The third-order valence-electron chi connectivity index (χ3n) is 5.99. The van der Waals surface area contributed by atoms with Crippen LogP contribution in [0.15, 0.2) is 48.5 Å². The van der Waals surface area contributed by atoms with Gasteiger partial charge >= 0.3 is 0 Å². The summed E-state index contributed by atoms with van der Waals surface area (Å²) in [5.74, 6) is -0.161. The Morgan fingerprint density at radius 2 is 1.81 bits per heavy atom. The maximum absolute atomic E-state index is 13.4. The molecule has 2 atom stereocenters. The average molecular weight is 497 g/mol. The predicted octanol–water partition coefficient (Wildman–Crippen LogP) is 4.67. The Morgan fingerprint density at radius 1 is 1.12 bits per heavy atom. The van der Waals surface area contributed by atoms with Crippen molar-refractivity contribution in [1.82, 2.24) is 4.90 Å². The molecule has 1 heterocycles. The van der Waals surface area contributed by atoms with E-state index in [9.17, 15) is 13.2 Å². The molecular weight excluding hydrogens is 471 g/mol. The maximum atomic E-state index is 13.4. The highest BCUT2D eigenvalue weighted by Crippen LogP contribution is 2.38. The van der Waals surface area contributed by atoms with E-state index in [2.05, 4.69) is 0 Å². The summed E-state index contributed by atoms with van der Waals surface area (Å²) in [6, 6.07) is 13.6. The summed E-state index contributed by atoms with van der Waals surface area (Å²) in [6.07, 6.45) is 1.87. The Hall–Kier alpha value is -1.80. The molecule has 6 nitrogen and oxygen atoms in total. The second-order valence-electron chi connectivity index (χ2n) is 8.17. The number of carbonyl (C=O) groups is 1. The molecule has 1 saturated heterocycles. The number of halogens is 2. The van der Waals surface area contributed by atoms with Crippen molar-refractivity contribution in [3.8, 4) is 0 Å². The van der Waals surface area contributed by atoms with Crippen molar-refractivity contribution in [3.63, 3.8) is 0 Å². The first-order valence-electron chi connectivity index (χ1n) is 10.7. The van der Waals surface area contributed by atoms with Gasteiger partial charge in [0.15, 0.2) is 0 Å². The number of hydrogen-bond acceptors (Lipinski definition) is 4. The monoisotopic (exact) mass is 496 g/mol. The lowest BCUT2D eigenvalue weighted by molar-refractivity contribution is -0.152. The van der Waals surface area contributed by atoms with Crippen molar-refractivity contribution in [3.05, 3.63) is 64.1 Å². The molecule has 0 N–H and O–H groups in total. The number of hydrogen-bond donors (Lipinski definition) is 0. The first kappa shape index (κ1) is 23.4. The van der Waals surface area contributed by atoms with Gasteiger partial charge in [0.25, 0.3) is 0 Å². The summed E-state index contributed by atoms with van der Waals surface area (Å²) in [7, 11) is -3.59. The van der Waals surface area contributed by atoms with Gasteiger partial charge in [-0.3, -0.25) is 9.10 Å². The van der Waals surface area contributed by atoms with Crippen LogP contribution >= 0.6 is 23.2 Å². The van der Waals surface area contributed by atoms with Crippen LogP contribution in [0.4, 0.5) is 5.69 Å². The fourth-order valence-corrected chi connectivity index (χ4v) is 6.45. The van der Waals surface area contributed by atoms with Crippen LogP contribution in [-0.2, 0) is 19.6 Å². The number of morpholine rings is 1. The zero-order valence-electron chi connectivity index (χ0n) is 17.8. The average Bonchev–Trinajstić information content (AvgIpc) is 3.62. The van der Waals surface area contributed by atoms with Crippen LogP contribution in [0.2, 0.25) is 10.0 Å². The van der Waals surface area contributed by atoms with Gasteiger partial charge in [-0.05, 0) is 49.1 Å². The minimum atomic E-state index is -3.59. The lowest BCUT2D eigenvalue weighted by Gasteiger charge is -2.43. The van der Waals surface area contributed by atoms with E-state index >= 15 is 0 Å². The second kappa shape index (κ2) is 9.59. The number of para-hydroxylation sites is 1. The highest BCUT2D eigenvalue weighted by atomic mass is 35.5. The molecule has 0 spiro atoms. The van der Waals surface area contributed by atoms with E-state index < -0.39 is 15.3 Å². The van der Waals surface area contributed by atoms with Crippen molar-refractivity contribution in [2.24, 2.45) is 0 Å². The number of ether oxygens (including phenoxy) is 1. The summed E-state index contributed by atoms with van der Waals surface area (Å²) in [5, 5.41) is 0.577. The molecule has 0 bridgehead atoms. The van der Waals surface area contributed by atoms with E-state index in [1.54, 1.807) is 41.3 Å². The largest absolute Gasteiger partial charge is 0.369 e. The summed E-state index contributed by atoms with van der Waals surface area (Å²) >= 11 is 12.5. The highest BCUT2D eigenvalue weighted by molar-refractivity contribution is 7.93. The van der Waals surface area contributed by atoms with Crippen molar-refractivity contribution in [2.75, 3.05) is 24.1 Å². The number of rotatable bonds is 8. The van der Waals surface area contributed by atoms with Crippen LogP contribution in [0.1, 0.15) is 37.8 Å². The first-order valence-corrected chi connectivity index (χ1v) is 13.0. The van der Waals surface area contributed by atoms with Crippen molar-refractivity contribution < 1.29 is 17.9 Å².